The first-order valence-electron chi connectivity index (χ1n) is 8.03. The van der Waals surface area contributed by atoms with Gasteiger partial charge in [-0.1, -0.05) is 13.8 Å². The van der Waals surface area contributed by atoms with Crippen molar-refractivity contribution in [3.05, 3.63) is 0 Å². The van der Waals surface area contributed by atoms with Crippen LogP contribution < -0.4 is 0 Å². The second kappa shape index (κ2) is 6.74. The number of hydrogen-bond acceptors (Lipinski definition) is 2. The molecule has 0 N–H and O–H groups in total. The zero-order valence-corrected chi connectivity index (χ0v) is 12.9. The summed E-state index contributed by atoms with van der Waals surface area (Å²) in [6, 6.07) is 0. The van der Waals surface area contributed by atoms with Crippen molar-refractivity contribution in [2.75, 3.05) is 33.2 Å². The maximum absolute atomic E-state index is 12.0. The molecule has 2 rings (SSSR count). The summed E-state index contributed by atoms with van der Waals surface area (Å²) < 4.78 is 0. The number of likely N-dealkylation sites (tertiary alicyclic amines) is 2. The Morgan fingerprint density at radius 3 is 1.95 bits per heavy atom. The van der Waals surface area contributed by atoms with Gasteiger partial charge in [0, 0.05) is 19.0 Å². The Bertz CT molecular complexity index is 287. The highest BCUT2D eigenvalue weighted by molar-refractivity contribution is 5.78. The van der Waals surface area contributed by atoms with Gasteiger partial charge in [0.1, 0.15) is 0 Å². The van der Waals surface area contributed by atoms with E-state index in [4.69, 9.17) is 0 Å². The number of carbonyl (C=O) groups excluding carboxylic acids is 1. The van der Waals surface area contributed by atoms with E-state index in [0.29, 0.717) is 5.91 Å². The van der Waals surface area contributed by atoms with Crippen LogP contribution >= 0.6 is 0 Å². The number of nitrogens with zero attached hydrogens (tertiary/aromatic N) is 2. The summed E-state index contributed by atoms with van der Waals surface area (Å²) >= 11 is 0. The van der Waals surface area contributed by atoms with Crippen molar-refractivity contribution in [2.45, 2.75) is 46.0 Å². The lowest BCUT2D eigenvalue weighted by molar-refractivity contribution is -0.135. The second-order valence-corrected chi connectivity index (χ2v) is 6.91. The van der Waals surface area contributed by atoms with E-state index < -0.39 is 0 Å². The van der Waals surface area contributed by atoms with Gasteiger partial charge < -0.3 is 9.80 Å². The van der Waals surface area contributed by atoms with Gasteiger partial charge in [-0.2, -0.15) is 0 Å². The predicted molar refractivity (Wildman–Crippen MR) is 79.0 cm³/mol. The number of amides is 1. The maximum atomic E-state index is 12.0. The van der Waals surface area contributed by atoms with Gasteiger partial charge in [-0.25, -0.2) is 0 Å². The van der Waals surface area contributed by atoms with Crippen LogP contribution in [0.15, 0.2) is 0 Å². The Hall–Kier alpha value is -0.570. The van der Waals surface area contributed by atoms with Crippen LogP contribution in [0.25, 0.3) is 0 Å². The molecule has 1 amide bonds. The molecule has 0 aromatic heterocycles. The molecule has 0 aromatic rings. The van der Waals surface area contributed by atoms with Crippen LogP contribution in [0.1, 0.15) is 46.0 Å². The first kappa shape index (κ1) is 14.8. The third kappa shape index (κ3) is 4.20. The van der Waals surface area contributed by atoms with E-state index >= 15 is 0 Å². The minimum Gasteiger partial charge on any atom is -0.342 e. The van der Waals surface area contributed by atoms with E-state index in [1.807, 2.05) is 13.8 Å². The SMILES string of the molecule is CC(C)C(=O)N1CCC(CC2CCN(C)CC2)CC1. The smallest absolute Gasteiger partial charge is 0.225 e. The van der Waals surface area contributed by atoms with E-state index in [2.05, 4.69) is 16.8 Å². The molecule has 2 aliphatic heterocycles. The summed E-state index contributed by atoms with van der Waals surface area (Å²) in [7, 11) is 2.23. The third-order valence-electron chi connectivity index (χ3n) is 4.92. The number of rotatable bonds is 3. The number of piperidine rings is 2. The zero-order valence-electron chi connectivity index (χ0n) is 12.9. The fourth-order valence-corrected chi connectivity index (χ4v) is 3.52. The van der Waals surface area contributed by atoms with Crippen molar-refractivity contribution in [3.8, 4) is 0 Å². The van der Waals surface area contributed by atoms with Crippen molar-refractivity contribution in [2.24, 2.45) is 17.8 Å². The number of carbonyl (C=O) groups is 1. The lowest BCUT2D eigenvalue weighted by Gasteiger charge is -2.36. The molecule has 3 heteroatoms. The molecular formula is C16H30N2O. The molecular weight excluding hydrogens is 236 g/mol. The molecule has 0 radical (unpaired) electrons. The van der Waals surface area contributed by atoms with E-state index in [0.717, 1.165) is 24.9 Å². The molecule has 2 fully saturated rings. The van der Waals surface area contributed by atoms with Gasteiger partial charge in [0.15, 0.2) is 0 Å². The van der Waals surface area contributed by atoms with Crippen molar-refractivity contribution in [1.29, 1.82) is 0 Å². The van der Waals surface area contributed by atoms with E-state index in [1.54, 1.807) is 0 Å². The van der Waals surface area contributed by atoms with E-state index in [-0.39, 0.29) is 5.92 Å². The summed E-state index contributed by atoms with van der Waals surface area (Å²) in [5.41, 5.74) is 0. The highest BCUT2D eigenvalue weighted by Crippen LogP contribution is 2.29. The van der Waals surface area contributed by atoms with Crippen LogP contribution in [0, 0.1) is 17.8 Å². The molecule has 0 aliphatic carbocycles. The van der Waals surface area contributed by atoms with E-state index in [1.165, 1.54) is 45.2 Å². The Morgan fingerprint density at radius 1 is 1.00 bits per heavy atom. The summed E-state index contributed by atoms with van der Waals surface area (Å²) in [5.74, 6) is 2.31. The van der Waals surface area contributed by atoms with Gasteiger partial charge in [0.25, 0.3) is 0 Å². The second-order valence-electron chi connectivity index (χ2n) is 6.91. The van der Waals surface area contributed by atoms with Crippen LogP contribution in [-0.2, 0) is 4.79 Å². The van der Waals surface area contributed by atoms with Crippen LogP contribution in [0.4, 0.5) is 0 Å². The summed E-state index contributed by atoms with van der Waals surface area (Å²) in [6.07, 6.45) is 6.61. The van der Waals surface area contributed by atoms with Crippen molar-refractivity contribution >= 4 is 5.91 Å². The first-order chi connectivity index (χ1) is 9.06. The molecule has 3 nitrogen and oxygen atoms in total. The topological polar surface area (TPSA) is 23.6 Å². The monoisotopic (exact) mass is 266 g/mol. The van der Waals surface area contributed by atoms with Crippen molar-refractivity contribution < 1.29 is 4.79 Å². The molecule has 2 saturated heterocycles. The molecule has 0 bridgehead atoms. The average molecular weight is 266 g/mol. The van der Waals surface area contributed by atoms with E-state index in [9.17, 15) is 4.79 Å². The van der Waals surface area contributed by atoms with Gasteiger partial charge in [0.05, 0.1) is 0 Å². The molecule has 0 unspecified atom stereocenters. The van der Waals surface area contributed by atoms with Crippen molar-refractivity contribution in [3.63, 3.8) is 0 Å². The van der Waals surface area contributed by atoms with Crippen molar-refractivity contribution in [1.82, 2.24) is 9.80 Å². The normalized spacial score (nSPS) is 24.1. The molecule has 19 heavy (non-hydrogen) atoms. The molecule has 110 valence electrons. The molecule has 0 saturated carbocycles. The van der Waals surface area contributed by atoms with Gasteiger partial charge >= 0.3 is 0 Å². The molecule has 0 spiro atoms. The predicted octanol–water partition coefficient (Wildman–Crippen LogP) is 2.61. The van der Waals surface area contributed by atoms with Gasteiger partial charge in [-0.3, -0.25) is 4.79 Å². The lowest BCUT2D eigenvalue weighted by atomic mass is 9.83. The molecule has 2 heterocycles. The minimum absolute atomic E-state index is 0.158. The van der Waals surface area contributed by atoms with Gasteiger partial charge in [-0.05, 0) is 64.1 Å². The van der Waals surface area contributed by atoms with Gasteiger partial charge in [-0.15, -0.1) is 0 Å². The average Bonchev–Trinajstić information content (AvgIpc) is 2.41. The van der Waals surface area contributed by atoms with Gasteiger partial charge in [0.2, 0.25) is 5.91 Å². The first-order valence-corrected chi connectivity index (χ1v) is 8.03. The van der Waals surface area contributed by atoms with Crippen LogP contribution in [0.2, 0.25) is 0 Å². The number of hydrogen-bond donors (Lipinski definition) is 0. The quantitative estimate of drug-likeness (QED) is 0.784. The third-order valence-corrected chi connectivity index (χ3v) is 4.92. The highest BCUT2D eigenvalue weighted by atomic mass is 16.2. The fraction of sp³-hybridized carbons (Fsp3) is 0.938. The Labute approximate surface area is 118 Å². The molecule has 0 atom stereocenters. The minimum atomic E-state index is 0.158. The highest BCUT2D eigenvalue weighted by Gasteiger charge is 2.27. The summed E-state index contributed by atoms with van der Waals surface area (Å²) in [6.45, 7) is 8.55. The molecule has 2 aliphatic rings. The Kier molecular flexibility index (Phi) is 5.26. The largest absolute Gasteiger partial charge is 0.342 e. The summed E-state index contributed by atoms with van der Waals surface area (Å²) in [5, 5.41) is 0. The standard InChI is InChI=1S/C16H30N2O/c1-13(2)16(19)18-10-6-15(7-11-18)12-14-4-8-17(3)9-5-14/h13-15H,4-12H2,1-3H3. The van der Waals surface area contributed by atoms with Crippen LogP contribution in [0.3, 0.4) is 0 Å². The lowest BCUT2D eigenvalue weighted by Crippen LogP contribution is -2.41. The van der Waals surface area contributed by atoms with Crippen LogP contribution in [-0.4, -0.2) is 48.9 Å². The fourth-order valence-electron chi connectivity index (χ4n) is 3.52. The maximum Gasteiger partial charge on any atom is 0.225 e. The van der Waals surface area contributed by atoms with Crippen LogP contribution in [0.5, 0.6) is 0 Å². The zero-order chi connectivity index (χ0) is 13.8. The summed E-state index contributed by atoms with van der Waals surface area (Å²) in [4.78, 5) is 16.5. The molecule has 0 aromatic carbocycles. The Morgan fingerprint density at radius 2 is 1.47 bits per heavy atom. The Balaban J connectivity index is 1.70.